The molecule has 3 rings (SSSR count). The Morgan fingerprint density at radius 2 is 2.26 bits per heavy atom. The van der Waals surface area contributed by atoms with Crippen LogP contribution in [0, 0.1) is 12.8 Å². The molecule has 1 aliphatic rings. The molecule has 2 aromatic heterocycles. The molecule has 1 aliphatic heterocycles. The predicted molar refractivity (Wildman–Crippen MR) is 70.8 cm³/mol. The molecule has 0 atom stereocenters. The molecule has 0 unspecified atom stereocenters. The van der Waals surface area contributed by atoms with Crippen LogP contribution in [0.25, 0.3) is 11.0 Å². The number of ether oxygens (including phenoxy) is 1. The van der Waals surface area contributed by atoms with Gasteiger partial charge in [0.05, 0.1) is 11.9 Å². The fourth-order valence-corrected chi connectivity index (χ4v) is 2.29. The third-order valence-corrected chi connectivity index (χ3v) is 3.46. The van der Waals surface area contributed by atoms with Crippen molar-refractivity contribution in [2.45, 2.75) is 19.8 Å². The molecule has 0 spiro atoms. The van der Waals surface area contributed by atoms with E-state index < -0.39 is 0 Å². The molecule has 0 radical (unpaired) electrons. The normalized spacial score (nSPS) is 16.7. The summed E-state index contributed by atoms with van der Waals surface area (Å²) >= 11 is 0. The Balaban J connectivity index is 1.76. The van der Waals surface area contributed by atoms with Gasteiger partial charge in [0.15, 0.2) is 5.65 Å². The van der Waals surface area contributed by atoms with E-state index in [1.54, 1.807) is 6.20 Å². The molecule has 1 fully saturated rings. The number of H-pyrrole nitrogens is 1. The van der Waals surface area contributed by atoms with Gasteiger partial charge in [-0.2, -0.15) is 5.10 Å². The van der Waals surface area contributed by atoms with Crippen molar-refractivity contribution in [3.63, 3.8) is 0 Å². The van der Waals surface area contributed by atoms with Crippen LogP contribution >= 0.6 is 0 Å². The van der Waals surface area contributed by atoms with E-state index in [-0.39, 0.29) is 11.8 Å². The molecule has 0 saturated carbocycles. The van der Waals surface area contributed by atoms with E-state index in [1.165, 1.54) is 0 Å². The summed E-state index contributed by atoms with van der Waals surface area (Å²) in [5.74, 6) is 0.0838. The lowest BCUT2D eigenvalue weighted by Crippen LogP contribution is -2.28. The number of anilines is 1. The van der Waals surface area contributed by atoms with Gasteiger partial charge in [-0.3, -0.25) is 9.89 Å². The summed E-state index contributed by atoms with van der Waals surface area (Å²) in [4.78, 5) is 16.3. The summed E-state index contributed by atoms with van der Waals surface area (Å²) < 4.78 is 5.26. The van der Waals surface area contributed by atoms with E-state index in [4.69, 9.17) is 4.74 Å². The van der Waals surface area contributed by atoms with Gasteiger partial charge in [0.25, 0.3) is 0 Å². The zero-order valence-electron chi connectivity index (χ0n) is 10.8. The largest absolute Gasteiger partial charge is 0.381 e. The monoisotopic (exact) mass is 260 g/mol. The lowest BCUT2D eigenvalue weighted by molar-refractivity contribution is -0.122. The van der Waals surface area contributed by atoms with E-state index in [0.29, 0.717) is 24.5 Å². The quantitative estimate of drug-likeness (QED) is 0.860. The van der Waals surface area contributed by atoms with Crippen molar-refractivity contribution in [2.24, 2.45) is 5.92 Å². The van der Waals surface area contributed by atoms with Crippen LogP contribution in [-0.2, 0) is 9.53 Å². The maximum atomic E-state index is 12.1. The van der Waals surface area contributed by atoms with Crippen molar-refractivity contribution in [3.8, 4) is 0 Å². The highest BCUT2D eigenvalue weighted by molar-refractivity contribution is 5.94. The van der Waals surface area contributed by atoms with Gasteiger partial charge >= 0.3 is 0 Å². The van der Waals surface area contributed by atoms with E-state index in [0.717, 1.165) is 23.9 Å². The topological polar surface area (TPSA) is 79.9 Å². The number of hydrogen-bond acceptors (Lipinski definition) is 4. The van der Waals surface area contributed by atoms with E-state index >= 15 is 0 Å². The number of hydrogen-bond donors (Lipinski definition) is 2. The molecule has 0 bridgehead atoms. The number of amides is 1. The number of aryl methyl sites for hydroxylation is 1. The van der Waals surface area contributed by atoms with Crippen molar-refractivity contribution >= 4 is 22.6 Å². The minimum absolute atomic E-state index is 0.0369. The summed E-state index contributed by atoms with van der Waals surface area (Å²) in [7, 11) is 0. The number of aromatic amines is 1. The zero-order valence-corrected chi connectivity index (χ0v) is 10.8. The minimum atomic E-state index is 0.0369. The Kier molecular flexibility index (Phi) is 3.16. The van der Waals surface area contributed by atoms with E-state index in [1.807, 2.05) is 13.0 Å². The van der Waals surface area contributed by atoms with Crippen molar-refractivity contribution in [1.29, 1.82) is 0 Å². The maximum absolute atomic E-state index is 12.1. The van der Waals surface area contributed by atoms with Crippen LogP contribution in [0.1, 0.15) is 18.5 Å². The molecule has 0 aliphatic carbocycles. The Hall–Kier alpha value is -1.95. The summed E-state index contributed by atoms with van der Waals surface area (Å²) in [5.41, 5.74) is 2.33. The standard InChI is InChI=1S/C13H16N4O2/c1-8-11-6-10(7-14-12(11)17-16-8)15-13(18)9-2-4-19-5-3-9/h6-7,9H,2-5H2,1H3,(H,15,18)(H,14,16,17). The number of pyridine rings is 1. The van der Waals surface area contributed by atoms with Crippen LogP contribution < -0.4 is 5.32 Å². The second kappa shape index (κ2) is 4.97. The SMILES string of the molecule is Cc1[nH]nc2ncc(NC(=O)C3CCOCC3)cc12. The summed E-state index contributed by atoms with van der Waals surface area (Å²) in [6.45, 7) is 3.26. The van der Waals surface area contributed by atoms with Crippen LogP contribution in [0.5, 0.6) is 0 Å². The maximum Gasteiger partial charge on any atom is 0.227 e. The lowest BCUT2D eigenvalue weighted by Gasteiger charge is -2.21. The molecular formula is C13H16N4O2. The lowest BCUT2D eigenvalue weighted by atomic mass is 9.99. The third-order valence-electron chi connectivity index (χ3n) is 3.46. The molecule has 3 heterocycles. The third kappa shape index (κ3) is 2.44. The first-order valence-corrected chi connectivity index (χ1v) is 6.43. The van der Waals surface area contributed by atoms with Crippen LogP contribution in [0.2, 0.25) is 0 Å². The first-order valence-electron chi connectivity index (χ1n) is 6.43. The van der Waals surface area contributed by atoms with E-state index in [9.17, 15) is 4.79 Å². The molecule has 1 saturated heterocycles. The Bertz CT molecular complexity index is 602. The zero-order chi connectivity index (χ0) is 13.2. The van der Waals surface area contributed by atoms with Crippen molar-refractivity contribution < 1.29 is 9.53 Å². The Morgan fingerprint density at radius 3 is 3.05 bits per heavy atom. The van der Waals surface area contributed by atoms with Crippen molar-refractivity contribution in [1.82, 2.24) is 15.2 Å². The number of rotatable bonds is 2. The predicted octanol–water partition coefficient (Wildman–Crippen LogP) is 1.63. The van der Waals surface area contributed by atoms with E-state index in [2.05, 4.69) is 20.5 Å². The smallest absolute Gasteiger partial charge is 0.227 e. The number of carbonyl (C=O) groups is 1. The summed E-state index contributed by atoms with van der Waals surface area (Å²) in [6.07, 6.45) is 3.21. The van der Waals surface area contributed by atoms with Crippen LogP contribution in [0.3, 0.4) is 0 Å². The molecule has 2 N–H and O–H groups in total. The number of nitrogens with zero attached hydrogens (tertiary/aromatic N) is 2. The number of carbonyl (C=O) groups excluding carboxylic acids is 1. The molecule has 6 nitrogen and oxygen atoms in total. The van der Waals surface area contributed by atoms with Gasteiger partial charge in [0.1, 0.15) is 0 Å². The van der Waals surface area contributed by atoms with Crippen LogP contribution in [0.15, 0.2) is 12.3 Å². The van der Waals surface area contributed by atoms with Crippen LogP contribution in [0.4, 0.5) is 5.69 Å². The summed E-state index contributed by atoms with van der Waals surface area (Å²) in [6, 6.07) is 1.90. The van der Waals surface area contributed by atoms with Gasteiger partial charge in [-0.05, 0) is 25.8 Å². The molecular weight excluding hydrogens is 244 g/mol. The first-order chi connectivity index (χ1) is 9.24. The molecule has 19 heavy (non-hydrogen) atoms. The van der Waals surface area contributed by atoms with Crippen molar-refractivity contribution in [3.05, 3.63) is 18.0 Å². The van der Waals surface area contributed by atoms with Gasteiger partial charge in [-0.15, -0.1) is 0 Å². The molecule has 1 amide bonds. The minimum Gasteiger partial charge on any atom is -0.381 e. The Labute approximate surface area is 110 Å². The Morgan fingerprint density at radius 1 is 1.47 bits per heavy atom. The number of nitrogens with one attached hydrogen (secondary N) is 2. The highest BCUT2D eigenvalue weighted by Gasteiger charge is 2.21. The van der Waals surface area contributed by atoms with Crippen LogP contribution in [-0.4, -0.2) is 34.3 Å². The number of fused-ring (bicyclic) bond motifs is 1. The second-order valence-electron chi connectivity index (χ2n) is 4.82. The van der Waals surface area contributed by atoms with Gasteiger partial charge in [0.2, 0.25) is 5.91 Å². The van der Waals surface area contributed by atoms with Crippen molar-refractivity contribution in [2.75, 3.05) is 18.5 Å². The fourth-order valence-electron chi connectivity index (χ4n) is 2.29. The highest BCUT2D eigenvalue weighted by atomic mass is 16.5. The molecule has 0 aromatic carbocycles. The molecule has 100 valence electrons. The molecule has 6 heteroatoms. The fraction of sp³-hybridized carbons (Fsp3) is 0.462. The van der Waals surface area contributed by atoms with Gasteiger partial charge in [-0.25, -0.2) is 4.98 Å². The second-order valence-corrected chi connectivity index (χ2v) is 4.82. The van der Waals surface area contributed by atoms with Gasteiger partial charge in [0, 0.05) is 30.2 Å². The summed E-state index contributed by atoms with van der Waals surface area (Å²) in [5, 5.41) is 10.8. The average molecular weight is 260 g/mol. The number of aromatic nitrogens is 3. The van der Waals surface area contributed by atoms with Gasteiger partial charge in [-0.1, -0.05) is 0 Å². The molecule has 2 aromatic rings. The van der Waals surface area contributed by atoms with Gasteiger partial charge < -0.3 is 10.1 Å². The average Bonchev–Trinajstić information content (AvgIpc) is 2.81. The highest BCUT2D eigenvalue weighted by Crippen LogP contribution is 2.20. The first kappa shape index (κ1) is 12.1.